The van der Waals surface area contributed by atoms with Crippen molar-refractivity contribution in [2.24, 2.45) is 4.99 Å². The van der Waals surface area contributed by atoms with Gasteiger partial charge in [-0.1, -0.05) is 37.3 Å². The number of ether oxygens (including phenoxy) is 1. The minimum absolute atomic E-state index is 0. The van der Waals surface area contributed by atoms with Gasteiger partial charge in [0.2, 0.25) is 0 Å². The van der Waals surface area contributed by atoms with Gasteiger partial charge in [-0.2, -0.15) is 0 Å². The molecule has 24 heavy (non-hydrogen) atoms. The lowest BCUT2D eigenvalue weighted by Gasteiger charge is -2.18. The fourth-order valence-electron chi connectivity index (χ4n) is 2.29. The molecule has 0 radical (unpaired) electrons. The minimum Gasteiger partial charge on any atom is -0.375 e. The first-order chi connectivity index (χ1) is 11.3. The van der Waals surface area contributed by atoms with Gasteiger partial charge in [-0.05, 0) is 24.1 Å². The summed E-state index contributed by atoms with van der Waals surface area (Å²) in [5.41, 5.74) is 1.16. The van der Waals surface area contributed by atoms with Crippen LogP contribution in [0.3, 0.4) is 0 Å². The molecule has 1 atom stereocenters. The van der Waals surface area contributed by atoms with Gasteiger partial charge < -0.3 is 15.4 Å². The van der Waals surface area contributed by atoms with Crippen LogP contribution < -0.4 is 10.6 Å². The van der Waals surface area contributed by atoms with Gasteiger partial charge in [0.15, 0.2) is 5.96 Å². The van der Waals surface area contributed by atoms with Gasteiger partial charge in [-0.3, -0.25) is 4.99 Å². The van der Waals surface area contributed by atoms with Crippen LogP contribution in [0.4, 0.5) is 0 Å². The second-order valence-electron chi connectivity index (χ2n) is 5.16. The van der Waals surface area contributed by atoms with Crippen molar-refractivity contribution in [3.05, 3.63) is 57.8 Å². The van der Waals surface area contributed by atoms with E-state index in [0.717, 1.165) is 24.5 Å². The third-order valence-electron chi connectivity index (χ3n) is 3.63. The van der Waals surface area contributed by atoms with Gasteiger partial charge in [-0.15, -0.1) is 35.3 Å². The van der Waals surface area contributed by atoms with Crippen LogP contribution in [0.1, 0.15) is 28.3 Å². The van der Waals surface area contributed by atoms with E-state index in [1.54, 1.807) is 14.2 Å². The Morgan fingerprint density at radius 1 is 1.12 bits per heavy atom. The monoisotopic (exact) mass is 459 g/mol. The third-order valence-corrected chi connectivity index (χ3v) is 4.86. The van der Waals surface area contributed by atoms with E-state index in [0.29, 0.717) is 6.54 Å². The first kappa shape index (κ1) is 20.9. The van der Waals surface area contributed by atoms with Gasteiger partial charge in [0.25, 0.3) is 0 Å². The summed E-state index contributed by atoms with van der Waals surface area (Å²) in [6.07, 6.45) is 1.09. The zero-order valence-corrected chi connectivity index (χ0v) is 17.6. The lowest BCUT2D eigenvalue weighted by molar-refractivity contribution is 0.106. The van der Waals surface area contributed by atoms with Gasteiger partial charge in [0.05, 0.1) is 12.6 Å². The number of aryl methyl sites for hydroxylation is 1. The van der Waals surface area contributed by atoms with Gasteiger partial charge in [-0.25, -0.2) is 0 Å². The fraction of sp³-hybridized carbons (Fsp3) is 0.389. The molecule has 0 aliphatic heterocycles. The molecule has 1 unspecified atom stereocenters. The van der Waals surface area contributed by atoms with Crippen LogP contribution in [0.2, 0.25) is 0 Å². The van der Waals surface area contributed by atoms with Crippen molar-refractivity contribution < 1.29 is 4.74 Å². The van der Waals surface area contributed by atoms with E-state index >= 15 is 0 Å². The molecule has 4 nitrogen and oxygen atoms in total. The molecule has 0 aliphatic rings. The van der Waals surface area contributed by atoms with Crippen molar-refractivity contribution >= 4 is 41.3 Å². The van der Waals surface area contributed by atoms with Crippen LogP contribution in [-0.2, 0) is 17.7 Å². The Labute approximate surface area is 165 Å². The summed E-state index contributed by atoms with van der Waals surface area (Å²) in [5, 5.41) is 6.68. The van der Waals surface area contributed by atoms with Gasteiger partial charge in [0, 0.05) is 30.5 Å². The minimum atomic E-state index is 0. The van der Waals surface area contributed by atoms with E-state index in [-0.39, 0.29) is 30.1 Å². The molecule has 0 saturated heterocycles. The Balaban J connectivity index is 0.00000288. The van der Waals surface area contributed by atoms with E-state index in [4.69, 9.17) is 4.74 Å². The Morgan fingerprint density at radius 2 is 1.83 bits per heavy atom. The van der Waals surface area contributed by atoms with E-state index in [1.807, 2.05) is 29.5 Å². The number of hydrogen-bond donors (Lipinski definition) is 2. The number of guanidine groups is 1. The maximum absolute atomic E-state index is 5.57. The summed E-state index contributed by atoms with van der Waals surface area (Å²) in [6.45, 7) is 3.64. The lowest BCUT2D eigenvalue weighted by atomic mass is 10.1. The van der Waals surface area contributed by atoms with E-state index in [2.05, 4.69) is 46.8 Å². The van der Waals surface area contributed by atoms with Crippen molar-refractivity contribution in [1.29, 1.82) is 0 Å². The first-order valence-electron chi connectivity index (χ1n) is 7.86. The quantitative estimate of drug-likeness (QED) is 0.374. The molecular formula is C18H26IN3OS. The number of methoxy groups -OCH3 is 1. The molecular weight excluding hydrogens is 433 g/mol. The Kier molecular flexibility index (Phi) is 9.97. The van der Waals surface area contributed by atoms with Crippen LogP contribution in [0.25, 0.3) is 0 Å². The smallest absolute Gasteiger partial charge is 0.191 e. The highest BCUT2D eigenvalue weighted by Crippen LogP contribution is 2.17. The van der Waals surface area contributed by atoms with Crippen LogP contribution in [-0.4, -0.2) is 26.7 Å². The molecule has 0 amide bonds. The Morgan fingerprint density at radius 3 is 2.42 bits per heavy atom. The number of aliphatic imine (C=N–C) groups is 1. The van der Waals surface area contributed by atoms with Crippen LogP contribution >= 0.6 is 35.3 Å². The SMILES string of the molecule is CCc1ccc(CNC(=NC)NCC(OC)c2ccccc2)s1.I. The maximum Gasteiger partial charge on any atom is 0.191 e. The molecule has 2 N–H and O–H groups in total. The molecule has 0 bridgehead atoms. The molecule has 132 valence electrons. The molecule has 2 rings (SSSR count). The molecule has 0 saturated carbocycles. The number of thiophene rings is 1. The van der Waals surface area contributed by atoms with Crippen LogP contribution in [0, 0.1) is 0 Å². The van der Waals surface area contributed by atoms with E-state index in [9.17, 15) is 0 Å². The highest BCUT2D eigenvalue weighted by atomic mass is 127. The molecule has 0 aliphatic carbocycles. The highest BCUT2D eigenvalue weighted by Gasteiger charge is 2.10. The average molecular weight is 459 g/mol. The highest BCUT2D eigenvalue weighted by molar-refractivity contribution is 14.0. The van der Waals surface area contributed by atoms with Crippen molar-refractivity contribution in [3.63, 3.8) is 0 Å². The first-order valence-corrected chi connectivity index (χ1v) is 8.68. The molecule has 2 aromatic rings. The summed E-state index contributed by atoms with van der Waals surface area (Å²) in [6, 6.07) is 14.6. The van der Waals surface area contributed by atoms with Crippen molar-refractivity contribution in [2.75, 3.05) is 20.7 Å². The summed E-state index contributed by atoms with van der Waals surface area (Å²) < 4.78 is 5.57. The van der Waals surface area contributed by atoms with Gasteiger partial charge in [0.1, 0.15) is 0 Å². The van der Waals surface area contributed by atoms with E-state index in [1.165, 1.54) is 9.75 Å². The van der Waals surface area contributed by atoms with Crippen molar-refractivity contribution in [1.82, 2.24) is 10.6 Å². The summed E-state index contributed by atoms with van der Waals surface area (Å²) in [5.74, 6) is 0.787. The lowest BCUT2D eigenvalue weighted by Crippen LogP contribution is -2.39. The zero-order chi connectivity index (χ0) is 16.5. The summed E-state index contributed by atoms with van der Waals surface area (Å²) in [4.78, 5) is 7.00. The summed E-state index contributed by atoms with van der Waals surface area (Å²) >= 11 is 1.84. The largest absolute Gasteiger partial charge is 0.375 e. The van der Waals surface area contributed by atoms with Crippen LogP contribution in [0.5, 0.6) is 0 Å². The number of nitrogens with one attached hydrogen (secondary N) is 2. The topological polar surface area (TPSA) is 45.7 Å². The predicted octanol–water partition coefficient (Wildman–Crippen LogP) is 3.98. The van der Waals surface area contributed by atoms with Gasteiger partial charge >= 0.3 is 0 Å². The second kappa shape index (κ2) is 11.4. The predicted molar refractivity (Wildman–Crippen MR) is 114 cm³/mol. The van der Waals surface area contributed by atoms with Crippen molar-refractivity contribution in [2.45, 2.75) is 26.0 Å². The number of nitrogens with zero attached hydrogens (tertiary/aromatic N) is 1. The number of hydrogen-bond acceptors (Lipinski definition) is 3. The van der Waals surface area contributed by atoms with Crippen molar-refractivity contribution in [3.8, 4) is 0 Å². The molecule has 1 aromatic carbocycles. The number of benzene rings is 1. The Hall–Kier alpha value is -1.12. The summed E-state index contributed by atoms with van der Waals surface area (Å²) in [7, 11) is 3.51. The average Bonchev–Trinajstić information content (AvgIpc) is 3.07. The number of halogens is 1. The third kappa shape index (κ3) is 6.41. The second-order valence-corrected chi connectivity index (χ2v) is 6.42. The number of rotatable bonds is 7. The molecule has 1 heterocycles. The molecule has 0 fully saturated rings. The standard InChI is InChI=1S/C18H25N3OS.HI/c1-4-15-10-11-16(23-15)12-20-18(19-2)21-13-17(22-3)14-8-6-5-7-9-14;/h5-11,17H,4,12-13H2,1-3H3,(H2,19,20,21);1H. The normalized spacial score (nSPS) is 12.4. The molecule has 6 heteroatoms. The maximum atomic E-state index is 5.57. The molecule has 0 spiro atoms. The van der Waals surface area contributed by atoms with E-state index < -0.39 is 0 Å². The molecule has 1 aromatic heterocycles. The zero-order valence-electron chi connectivity index (χ0n) is 14.4. The Bertz CT molecular complexity index is 616. The van der Waals surface area contributed by atoms with Crippen LogP contribution in [0.15, 0.2) is 47.5 Å². The fourth-order valence-corrected chi connectivity index (χ4v) is 3.19.